The highest BCUT2D eigenvalue weighted by Gasteiger charge is 2.18. The summed E-state index contributed by atoms with van der Waals surface area (Å²) in [7, 11) is 1.46. The first-order valence-electron chi connectivity index (χ1n) is 9.62. The molecule has 0 N–H and O–H groups in total. The lowest BCUT2D eigenvalue weighted by atomic mass is 10.0. The molecule has 0 amide bonds. The Balaban J connectivity index is 1.70. The summed E-state index contributed by atoms with van der Waals surface area (Å²) in [5.41, 5.74) is 0.625. The van der Waals surface area contributed by atoms with E-state index in [1.807, 2.05) is 0 Å². The first kappa shape index (κ1) is 19.5. The van der Waals surface area contributed by atoms with Crippen molar-refractivity contribution >= 4 is 16.5 Å². The smallest absolute Gasteiger partial charge is 0.361 e. The minimum absolute atomic E-state index is 0.104. The number of rotatable bonds is 3. The maximum atomic E-state index is 13.5. The van der Waals surface area contributed by atoms with E-state index in [2.05, 4.69) is 10.1 Å². The molecule has 0 saturated carbocycles. The number of hydrogen-bond acceptors (Lipinski definition) is 6. The fourth-order valence-corrected chi connectivity index (χ4v) is 3.74. The monoisotopic (exact) mass is 427 g/mol. The average Bonchev–Trinajstić information content (AvgIpc) is 3.14. The number of fused-ring (bicyclic) bond motifs is 1. The molecule has 1 heterocycles. The van der Waals surface area contributed by atoms with Crippen molar-refractivity contribution in [3.63, 3.8) is 0 Å². The number of methoxy groups -OCH3 is 1. The van der Waals surface area contributed by atoms with E-state index in [1.54, 1.807) is 42.5 Å². The number of hydrogen-bond donors (Lipinski definition) is 0. The van der Waals surface area contributed by atoms with Crippen LogP contribution in [0, 0.1) is 21.6 Å². The van der Waals surface area contributed by atoms with Gasteiger partial charge in [0, 0.05) is 22.4 Å². The van der Waals surface area contributed by atoms with Gasteiger partial charge < -0.3 is 9.94 Å². The molecule has 0 saturated heterocycles. The van der Waals surface area contributed by atoms with Crippen LogP contribution in [0.5, 0.6) is 5.75 Å². The summed E-state index contributed by atoms with van der Waals surface area (Å²) >= 11 is 0. The van der Waals surface area contributed by atoms with Gasteiger partial charge in [-0.25, -0.2) is 4.39 Å². The Bertz CT molecular complexity index is 1720. The SMILES string of the molecule is COc1cc(F)ccc1-c1ccc(N=c2c3c(=O)c4ccccc4c(=O)c=3n[n+]2[O-])cc1. The third-order valence-electron chi connectivity index (χ3n) is 5.27. The average molecular weight is 427 g/mol. The van der Waals surface area contributed by atoms with Gasteiger partial charge in [-0.2, -0.15) is 0 Å². The van der Waals surface area contributed by atoms with Crippen molar-refractivity contribution in [3.05, 3.63) is 114 Å². The van der Waals surface area contributed by atoms with E-state index in [0.717, 1.165) is 5.56 Å². The van der Waals surface area contributed by atoms with Gasteiger partial charge in [-0.05, 0) is 47.0 Å². The van der Waals surface area contributed by atoms with E-state index in [-0.39, 0.29) is 31.7 Å². The van der Waals surface area contributed by atoms with Gasteiger partial charge in [-0.1, -0.05) is 29.4 Å². The molecule has 2 aliphatic rings. The molecule has 3 aromatic carbocycles. The molecular formula is C24H14FN3O4. The van der Waals surface area contributed by atoms with Crippen molar-refractivity contribution in [2.45, 2.75) is 0 Å². The zero-order chi connectivity index (χ0) is 22.4. The number of nitrogens with zero attached hydrogens (tertiary/aromatic N) is 3. The minimum atomic E-state index is -0.486. The summed E-state index contributed by atoms with van der Waals surface area (Å²) in [5.74, 6) is -0.0318. The van der Waals surface area contributed by atoms with Crippen LogP contribution in [-0.2, 0) is 0 Å². The molecule has 0 bridgehead atoms. The first-order chi connectivity index (χ1) is 15.5. The van der Waals surface area contributed by atoms with Crippen LogP contribution in [0.1, 0.15) is 0 Å². The normalized spacial score (nSPS) is 12.0. The standard InChI is InChI=1S/C24H14FN3O4/c1-32-19-12-14(25)8-11-16(19)13-6-9-15(10-7-13)26-24-20-21(27-28(24)31)23(30)18-5-3-2-4-17(18)22(20)29/h2-12H,1H3. The van der Waals surface area contributed by atoms with Gasteiger partial charge in [0.1, 0.15) is 11.6 Å². The summed E-state index contributed by atoms with van der Waals surface area (Å²) in [6.45, 7) is 0. The minimum Gasteiger partial charge on any atom is -0.690 e. The quantitative estimate of drug-likeness (QED) is 0.325. The van der Waals surface area contributed by atoms with E-state index < -0.39 is 16.7 Å². The van der Waals surface area contributed by atoms with Gasteiger partial charge in [0.2, 0.25) is 10.9 Å². The second-order valence-corrected chi connectivity index (χ2v) is 7.13. The second kappa shape index (κ2) is 7.35. The Morgan fingerprint density at radius 1 is 0.969 bits per heavy atom. The summed E-state index contributed by atoms with van der Waals surface area (Å²) in [5, 5.41) is 16.3. The molecule has 5 rings (SSSR count). The molecular weight excluding hydrogens is 413 g/mol. The van der Waals surface area contributed by atoms with Gasteiger partial charge >= 0.3 is 5.49 Å². The number of ether oxygens (including phenoxy) is 1. The summed E-state index contributed by atoms with van der Waals surface area (Å²) in [6.07, 6.45) is 0. The molecule has 156 valence electrons. The molecule has 0 spiro atoms. The molecule has 1 aliphatic heterocycles. The lowest BCUT2D eigenvalue weighted by Gasteiger charge is -2.08. The molecule has 32 heavy (non-hydrogen) atoms. The van der Waals surface area contributed by atoms with E-state index in [4.69, 9.17) is 4.74 Å². The molecule has 0 unspecified atom stereocenters. The van der Waals surface area contributed by atoms with Gasteiger partial charge in [-0.15, -0.1) is 4.85 Å². The Hall–Kier alpha value is -4.46. The van der Waals surface area contributed by atoms with Gasteiger partial charge in [-0.3, -0.25) is 9.59 Å². The Kier molecular flexibility index (Phi) is 4.48. The van der Waals surface area contributed by atoms with Crippen molar-refractivity contribution in [1.82, 2.24) is 5.10 Å². The van der Waals surface area contributed by atoms with Crippen molar-refractivity contribution in [2.24, 2.45) is 4.99 Å². The van der Waals surface area contributed by atoms with Crippen molar-refractivity contribution in [1.29, 1.82) is 0 Å². The molecule has 0 fully saturated rings. The highest BCUT2D eigenvalue weighted by molar-refractivity contribution is 5.81. The van der Waals surface area contributed by atoms with E-state index in [0.29, 0.717) is 17.0 Å². The highest BCUT2D eigenvalue weighted by atomic mass is 19.1. The lowest BCUT2D eigenvalue weighted by molar-refractivity contribution is -0.681. The lowest BCUT2D eigenvalue weighted by Crippen LogP contribution is -2.46. The van der Waals surface area contributed by atoms with Crippen LogP contribution in [0.25, 0.3) is 21.9 Å². The Labute approximate surface area is 179 Å². The van der Waals surface area contributed by atoms with E-state index in [1.165, 1.54) is 31.4 Å². The van der Waals surface area contributed by atoms with Crippen molar-refractivity contribution in [3.8, 4) is 16.9 Å². The molecule has 1 aliphatic carbocycles. The first-order valence-corrected chi connectivity index (χ1v) is 9.62. The third kappa shape index (κ3) is 3.01. The third-order valence-corrected chi connectivity index (χ3v) is 5.27. The van der Waals surface area contributed by atoms with Crippen LogP contribution >= 0.6 is 0 Å². The van der Waals surface area contributed by atoms with Crippen molar-refractivity contribution < 1.29 is 14.0 Å². The van der Waals surface area contributed by atoms with Gasteiger partial charge in [0.15, 0.2) is 16.3 Å². The molecule has 8 heteroatoms. The van der Waals surface area contributed by atoms with Crippen LogP contribution < -0.4 is 25.9 Å². The van der Waals surface area contributed by atoms with Crippen LogP contribution in [0.2, 0.25) is 0 Å². The summed E-state index contributed by atoms with van der Waals surface area (Å²) < 4.78 is 18.7. The van der Waals surface area contributed by atoms with Crippen LogP contribution in [-0.4, -0.2) is 12.2 Å². The molecule has 0 radical (unpaired) electrons. The van der Waals surface area contributed by atoms with Crippen molar-refractivity contribution in [2.75, 3.05) is 7.11 Å². The van der Waals surface area contributed by atoms with Gasteiger partial charge in [0.05, 0.1) is 7.11 Å². The van der Waals surface area contributed by atoms with Crippen LogP contribution in [0.15, 0.2) is 81.3 Å². The highest BCUT2D eigenvalue weighted by Crippen LogP contribution is 2.31. The van der Waals surface area contributed by atoms with Gasteiger partial charge in [0.25, 0.3) is 0 Å². The van der Waals surface area contributed by atoms with E-state index in [9.17, 15) is 19.2 Å². The number of aromatic nitrogens is 2. The molecule has 0 aromatic heterocycles. The maximum absolute atomic E-state index is 13.5. The Morgan fingerprint density at radius 2 is 1.66 bits per heavy atom. The summed E-state index contributed by atoms with van der Waals surface area (Å²) in [6, 6.07) is 17.3. The topological polar surface area (TPSA) is 95.6 Å². The fourth-order valence-electron chi connectivity index (χ4n) is 3.74. The van der Waals surface area contributed by atoms with E-state index >= 15 is 0 Å². The second-order valence-electron chi connectivity index (χ2n) is 7.13. The predicted molar refractivity (Wildman–Crippen MR) is 115 cm³/mol. The maximum Gasteiger partial charge on any atom is 0.361 e. The largest absolute Gasteiger partial charge is 0.690 e. The predicted octanol–water partition coefficient (Wildman–Crippen LogP) is 2.24. The number of halogens is 1. The Morgan fingerprint density at radius 3 is 2.34 bits per heavy atom. The van der Waals surface area contributed by atoms with Crippen LogP contribution in [0.4, 0.5) is 10.1 Å². The molecule has 0 atom stereocenters. The molecule has 7 nitrogen and oxygen atoms in total. The zero-order valence-corrected chi connectivity index (χ0v) is 16.7. The fraction of sp³-hybridized carbons (Fsp3) is 0.0417. The summed E-state index contributed by atoms with van der Waals surface area (Å²) in [4.78, 5) is 30.2. The molecule has 3 aromatic rings. The number of benzene rings is 3. The van der Waals surface area contributed by atoms with Crippen LogP contribution in [0.3, 0.4) is 0 Å². The zero-order valence-electron chi connectivity index (χ0n) is 16.7.